The van der Waals surface area contributed by atoms with Gasteiger partial charge in [0, 0.05) is 5.69 Å². The number of anilines is 1. The number of rotatable bonds is 1. The van der Waals surface area contributed by atoms with Crippen LogP contribution in [-0.2, 0) is 0 Å². The fourth-order valence-electron chi connectivity index (χ4n) is 1.03. The Morgan fingerprint density at radius 3 is 2.67 bits per heavy atom. The maximum absolute atomic E-state index is 7.07. The van der Waals surface area contributed by atoms with Gasteiger partial charge in [-0.3, -0.25) is 5.41 Å². The Kier molecular flexibility index (Phi) is 2.33. The number of nitrogens with one attached hydrogen (secondary N) is 2. The van der Waals surface area contributed by atoms with Crippen molar-refractivity contribution in [3.8, 4) is 0 Å². The van der Waals surface area contributed by atoms with Crippen LogP contribution in [0.4, 0.5) is 5.69 Å². The Hall–Kier alpha value is -1.51. The average Bonchev–Trinajstić information content (AvgIpc) is 1.98. The van der Waals surface area contributed by atoms with Gasteiger partial charge in [0.2, 0.25) is 0 Å². The number of aryl methyl sites for hydroxylation is 1. The van der Waals surface area contributed by atoms with Crippen LogP contribution in [0.15, 0.2) is 18.2 Å². The van der Waals surface area contributed by atoms with E-state index in [1.165, 1.54) is 5.56 Å². The Bertz CT molecular complexity index is 305. The minimum absolute atomic E-state index is 0.0244. The zero-order valence-corrected chi connectivity index (χ0v) is 7.31. The number of hydrogen-bond acceptors (Lipinski definition) is 1. The minimum atomic E-state index is -0.0244. The lowest BCUT2D eigenvalue weighted by molar-refractivity contribution is 1.32. The smallest absolute Gasteiger partial charge is 0.190 e. The molecule has 0 saturated carbocycles. The highest BCUT2D eigenvalue weighted by Crippen LogP contribution is 2.17. The molecule has 0 spiro atoms. The summed E-state index contributed by atoms with van der Waals surface area (Å²) < 4.78 is 0. The zero-order valence-electron chi connectivity index (χ0n) is 7.31. The normalized spacial score (nSPS) is 9.50. The summed E-state index contributed by atoms with van der Waals surface area (Å²) in [5.74, 6) is -0.0244. The first-order valence-electron chi connectivity index (χ1n) is 3.78. The Morgan fingerprint density at radius 2 is 2.08 bits per heavy atom. The molecule has 0 amide bonds. The first kappa shape index (κ1) is 8.59. The predicted octanol–water partition coefficient (Wildman–Crippen LogP) is 1.61. The van der Waals surface area contributed by atoms with Crippen molar-refractivity contribution < 1.29 is 0 Å². The first-order chi connectivity index (χ1) is 5.61. The second kappa shape index (κ2) is 3.26. The molecule has 3 nitrogen and oxygen atoms in total. The second-order valence-corrected chi connectivity index (χ2v) is 2.79. The van der Waals surface area contributed by atoms with Gasteiger partial charge < -0.3 is 11.1 Å². The van der Waals surface area contributed by atoms with Crippen molar-refractivity contribution in [1.29, 1.82) is 5.41 Å². The number of benzene rings is 1. The van der Waals surface area contributed by atoms with Gasteiger partial charge in [-0.1, -0.05) is 12.1 Å². The molecule has 0 atom stereocenters. The van der Waals surface area contributed by atoms with E-state index in [0.717, 1.165) is 11.3 Å². The second-order valence-electron chi connectivity index (χ2n) is 2.79. The molecule has 0 aromatic heterocycles. The van der Waals surface area contributed by atoms with E-state index in [-0.39, 0.29) is 5.96 Å². The third-order valence-corrected chi connectivity index (χ3v) is 1.87. The largest absolute Gasteiger partial charge is 0.370 e. The summed E-state index contributed by atoms with van der Waals surface area (Å²) in [7, 11) is 0. The molecule has 0 radical (unpaired) electrons. The Balaban J connectivity index is 3.00. The molecule has 0 bridgehead atoms. The molecule has 1 rings (SSSR count). The maximum atomic E-state index is 7.07. The van der Waals surface area contributed by atoms with Crippen molar-refractivity contribution in [3.63, 3.8) is 0 Å². The molecule has 0 saturated heterocycles. The summed E-state index contributed by atoms with van der Waals surface area (Å²) in [4.78, 5) is 0. The van der Waals surface area contributed by atoms with Gasteiger partial charge in [-0.2, -0.15) is 0 Å². The summed E-state index contributed by atoms with van der Waals surface area (Å²) in [6.07, 6.45) is 0. The summed E-state index contributed by atoms with van der Waals surface area (Å²) in [6.45, 7) is 4.03. The standard InChI is InChI=1S/C9H13N3/c1-6-4-3-5-8(7(6)2)12-9(10)11/h3-5H,1-2H3,(H4,10,11,12). The molecule has 12 heavy (non-hydrogen) atoms. The van der Waals surface area contributed by atoms with Gasteiger partial charge in [0.15, 0.2) is 5.96 Å². The van der Waals surface area contributed by atoms with Gasteiger partial charge >= 0.3 is 0 Å². The molecule has 1 aromatic carbocycles. The van der Waals surface area contributed by atoms with E-state index in [4.69, 9.17) is 11.1 Å². The molecule has 0 aliphatic rings. The van der Waals surface area contributed by atoms with Crippen LogP contribution in [-0.4, -0.2) is 5.96 Å². The Morgan fingerprint density at radius 1 is 1.42 bits per heavy atom. The van der Waals surface area contributed by atoms with E-state index in [1.807, 2.05) is 32.0 Å². The highest BCUT2D eigenvalue weighted by molar-refractivity contribution is 5.90. The lowest BCUT2D eigenvalue weighted by Gasteiger charge is -2.08. The lowest BCUT2D eigenvalue weighted by Crippen LogP contribution is -2.21. The van der Waals surface area contributed by atoms with Gasteiger partial charge in [-0.25, -0.2) is 0 Å². The molecule has 0 aliphatic carbocycles. The molecule has 0 aliphatic heterocycles. The van der Waals surface area contributed by atoms with Crippen LogP contribution in [0.3, 0.4) is 0 Å². The highest BCUT2D eigenvalue weighted by atomic mass is 15.0. The SMILES string of the molecule is Cc1cccc(NC(=N)N)c1C. The van der Waals surface area contributed by atoms with Gasteiger partial charge in [0.1, 0.15) is 0 Å². The van der Waals surface area contributed by atoms with Crippen LogP contribution < -0.4 is 11.1 Å². The summed E-state index contributed by atoms with van der Waals surface area (Å²) in [6, 6.07) is 5.87. The average molecular weight is 163 g/mol. The molecular weight excluding hydrogens is 150 g/mol. The van der Waals surface area contributed by atoms with E-state index in [9.17, 15) is 0 Å². The van der Waals surface area contributed by atoms with Gasteiger partial charge in [0.25, 0.3) is 0 Å². The minimum Gasteiger partial charge on any atom is -0.370 e. The van der Waals surface area contributed by atoms with E-state index in [1.54, 1.807) is 0 Å². The van der Waals surface area contributed by atoms with Gasteiger partial charge in [-0.15, -0.1) is 0 Å². The van der Waals surface area contributed by atoms with E-state index in [0.29, 0.717) is 0 Å². The van der Waals surface area contributed by atoms with Crippen molar-refractivity contribution in [1.82, 2.24) is 0 Å². The van der Waals surface area contributed by atoms with E-state index in [2.05, 4.69) is 5.32 Å². The van der Waals surface area contributed by atoms with E-state index >= 15 is 0 Å². The molecular formula is C9H13N3. The van der Waals surface area contributed by atoms with Crippen molar-refractivity contribution in [2.45, 2.75) is 13.8 Å². The fraction of sp³-hybridized carbons (Fsp3) is 0.222. The van der Waals surface area contributed by atoms with Gasteiger partial charge in [-0.05, 0) is 31.0 Å². The topological polar surface area (TPSA) is 61.9 Å². The predicted molar refractivity (Wildman–Crippen MR) is 51.5 cm³/mol. The van der Waals surface area contributed by atoms with Crippen molar-refractivity contribution in [3.05, 3.63) is 29.3 Å². The molecule has 0 fully saturated rings. The molecule has 4 N–H and O–H groups in total. The van der Waals surface area contributed by atoms with Crippen LogP contribution in [0.1, 0.15) is 11.1 Å². The summed E-state index contributed by atoms with van der Waals surface area (Å²) >= 11 is 0. The van der Waals surface area contributed by atoms with Crippen molar-refractivity contribution in [2.75, 3.05) is 5.32 Å². The van der Waals surface area contributed by atoms with Crippen molar-refractivity contribution in [2.24, 2.45) is 5.73 Å². The third kappa shape index (κ3) is 1.75. The molecule has 3 heteroatoms. The lowest BCUT2D eigenvalue weighted by atomic mass is 10.1. The quantitative estimate of drug-likeness (QED) is 0.435. The molecule has 0 heterocycles. The van der Waals surface area contributed by atoms with E-state index < -0.39 is 0 Å². The molecule has 0 unspecified atom stereocenters. The van der Waals surface area contributed by atoms with Crippen molar-refractivity contribution >= 4 is 11.6 Å². The first-order valence-corrected chi connectivity index (χ1v) is 3.78. The third-order valence-electron chi connectivity index (χ3n) is 1.87. The van der Waals surface area contributed by atoms with Crippen LogP contribution in [0.25, 0.3) is 0 Å². The van der Waals surface area contributed by atoms with Crippen LogP contribution in [0.5, 0.6) is 0 Å². The number of nitrogens with two attached hydrogens (primary N) is 1. The van der Waals surface area contributed by atoms with Crippen LogP contribution in [0.2, 0.25) is 0 Å². The summed E-state index contributed by atoms with van der Waals surface area (Å²) in [5.41, 5.74) is 8.45. The maximum Gasteiger partial charge on any atom is 0.190 e. The van der Waals surface area contributed by atoms with Crippen LogP contribution in [0, 0.1) is 19.3 Å². The Labute approximate surface area is 72.1 Å². The monoisotopic (exact) mass is 163 g/mol. The highest BCUT2D eigenvalue weighted by Gasteiger charge is 1.99. The summed E-state index contributed by atoms with van der Waals surface area (Å²) in [5, 5.41) is 9.84. The number of hydrogen-bond donors (Lipinski definition) is 3. The number of guanidine groups is 1. The fourth-order valence-corrected chi connectivity index (χ4v) is 1.03. The van der Waals surface area contributed by atoms with Crippen LogP contribution >= 0.6 is 0 Å². The van der Waals surface area contributed by atoms with Gasteiger partial charge in [0.05, 0.1) is 0 Å². The molecule has 64 valence electrons. The zero-order chi connectivity index (χ0) is 9.14. The molecule has 1 aromatic rings.